The molecule has 2 heterocycles. The van der Waals surface area contributed by atoms with Crippen LogP contribution in [0.5, 0.6) is 0 Å². The van der Waals surface area contributed by atoms with Crippen LogP contribution in [0, 0.1) is 12.7 Å². The molecule has 0 radical (unpaired) electrons. The fraction of sp³-hybridized carbons (Fsp3) is 0.364. The predicted molar refractivity (Wildman–Crippen MR) is 71.6 cm³/mol. The van der Waals surface area contributed by atoms with Gasteiger partial charge in [0.25, 0.3) is 10.0 Å². The molecule has 0 aromatic carbocycles. The Bertz CT molecular complexity index is 936. The maximum atomic E-state index is 13.9. The van der Waals surface area contributed by atoms with E-state index in [1.807, 2.05) is 0 Å². The van der Waals surface area contributed by atoms with Crippen molar-refractivity contribution < 1.29 is 12.8 Å². The Labute approximate surface area is 119 Å². The molecule has 114 valence electrons. The highest BCUT2D eigenvalue weighted by atomic mass is 32.2. The third-order valence-corrected chi connectivity index (χ3v) is 4.69. The smallest absolute Gasteiger partial charge is 0.278 e. The van der Waals surface area contributed by atoms with Crippen molar-refractivity contribution in [3.63, 3.8) is 0 Å². The Morgan fingerprint density at radius 2 is 1.90 bits per heavy atom. The summed E-state index contributed by atoms with van der Waals surface area (Å²) in [6, 6.07) is 0. The maximum absolute atomic E-state index is 13.9. The molecule has 0 aliphatic carbocycles. The van der Waals surface area contributed by atoms with Crippen molar-refractivity contribution in [2.75, 3.05) is 7.05 Å². The van der Waals surface area contributed by atoms with E-state index in [-0.39, 0.29) is 16.1 Å². The molecule has 0 spiro atoms. The first kappa shape index (κ1) is 15.2. The van der Waals surface area contributed by atoms with Crippen molar-refractivity contribution >= 4 is 10.0 Å². The summed E-state index contributed by atoms with van der Waals surface area (Å²) in [4.78, 5) is 15.6. The van der Waals surface area contributed by atoms with Crippen molar-refractivity contribution in [1.82, 2.24) is 18.3 Å². The molecule has 0 amide bonds. The van der Waals surface area contributed by atoms with E-state index in [1.165, 1.54) is 31.9 Å². The quantitative estimate of drug-likeness (QED) is 0.721. The lowest BCUT2D eigenvalue weighted by Crippen LogP contribution is -2.42. The Morgan fingerprint density at radius 1 is 1.29 bits per heavy atom. The van der Waals surface area contributed by atoms with Gasteiger partial charge in [0.1, 0.15) is 4.90 Å². The van der Waals surface area contributed by atoms with Gasteiger partial charge in [0, 0.05) is 27.3 Å². The second-order valence-electron chi connectivity index (χ2n) is 4.42. The fourth-order valence-corrected chi connectivity index (χ4v) is 3.45. The number of nitrogens with zero attached hydrogens (tertiary/aromatic N) is 5. The van der Waals surface area contributed by atoms with E-state index in [2.05, 4.69) is 10.1 Å². The molecule has 0 aliphatic rings. The lowest BCUT2D eigenvalue weighted by molar-refractivity contribution is 0.537. The Kier molecular flexibility index (Phi) is 3.58. The van der Waals surface area contributed by atoms with Crippen molar-refractivity contribution in [2.45, 2.75) is 11.8 Å². The average molecular weight is 315 g/mol. The van der Waals surface area contributed by atoms with Crippen LogP contribution >= 0.6 is 0 Å². The molecular weight excluding hydrogens is 301 g/mol. The van der Waals surface area contributed by atoms with Gasteiger partial charge in [-0.05, 0) is 6.92 Å². The van der Waals surface area contributed by atoms with Crippen molar-refractivity contribution in [3.05, 3.63) is 39.9 Å². The van der Waals surface area contributed by atoms with E-state index >= 15 is 0 Å². The molecule has 10 heteroatoms. The summed E-state index contributed by atoms with van der Waals surface area (Å²) >= 11 is 0. The van der Waals surface area contributed by atoms with Gasteiger partial charge in [0.15, 0.2) is 11.3 Å². The van der Waals surface area contributed by atoms with Crippen LogP contribution in [0.3, 0.4) is 0 Å². The monoisotopic (exact) mass is 315 g/mol. The molecule has 0 fully saturated rings. The van der Waals surface area contributed by atoms with Gasteiger partial charge >= 0.3 is 5.69 Å². The number of aromatic nitrogens is 4. The largest absolute Gasteiger partial charge is 0.343 e. The Morgan fingerprint density at radius 3 is 2.38 bits per heavy atom. The first-order chi connectivity index (χ1) is 9.70. The molecule has 2 rings (SSSR count). The van der Waals surface area contributed by atoms with Gasteiger partial charge in [-0.15, -0.1) is 0 Å². The molecule has 0 saturated carbocycles. The second-order valence-corrected chi connectivity index (χ2v) is 6.20. The molecule has 0 N–H and O–H groups in total. The standard InChI is InChI=1S/C11H14FN5O3S/c1-7-9(6-15(3)14-7)21(19,20)17-5-8(12)10(13-2)16(4)11(17)18/h5-6H,1-4H3. The SMILES string of the molecule is CN=c1c(F)cn(S(=O)(=O)c2cn(C)nc2C)c(=O)n1C. The highest BCUT2D eigenvalue weighted by Crippen LogP contribution is 2.15. The predicted octanol–water partition coefficient (Wildman–Crippen LogP) is -0.865. The molecule has 0 atom stereocenters. The normalized spacial score (nSPS) is 12.9. The molecule has 0 saturated heterocycles. The number of hydrogen-bond acceptors (Lipinski definition) is 5. The summed E-state index contributed by atoms with van der Waals surface area (Å²) in [5, 5.41) is 3.91. The van der Waals surface area contributed by atoms with Crippen LogP contribution in [0.15, 0.2) is 27.1 Å². The minimum atomic E-state index is -4.23. The third kappa shape index (κ3) is 2.31. The van der Waals surface area contributed by atoms with Crippen molar-refractivity contribution in [2.24, 2.45) is 19.1 Å². The van der Waals surface area contributed by atoms with Crippen LogP contribution < -0.4 is 11.2 Å². The molecular formula is C11H14FN5O3S. The van der Waals surface area contributed by atoms with Crippen LogP contribution in [0.2, 0.25) is 0 Å². The molecule has 0 unspecified atom stereocenters. The van der Waals surface area contributed by atoms with Gasteiger partial charge < -0.3 is 0 Å². The van der Waals surface area contributed by atoms with Gasteiger partial charge in [-0.2, -0.15) is 9.07 Å². The van der Waals surface area contributed by atoms with Crippen LogP contribution in [0.4, 0.5) is 4.39 Å². The van der Waals surface area contributed by atoms with Gasteiger partial charge in [-0.3, -0.25) is 14.2 Å². The summed E-state index contributed by atoms with van der Waals surface area (Å²) in [7, 11) is -0.128. The highest BCUT2D eigenvalue weighted by molar-refractivity contribution is 7.90. The minimum absolute atomic E-state index is 0.160. The third-order valence-electron chi connectivity index (χ3n) is 2.95. The molecule has 8 nitrogen and oxygen atoms in total. The van der Waals surface area contributed by atoms with E-state index in [0.717, 1.165) is 4.57 Å². The van der Waals surface area contributed by atoms with Gasteiger partial charge in [-0.1, -0.05) is 0 Å². The Hall–Kier alpha value is -2.23. The summed E-state index contributed by atoms with van der Waals surface area (Å²) in [5.74, 6) is -0.912. The van der Waals surface area contributed by atoms with E-state index < -0.39 is 21.5 Å². The molecule has 2 aromatic heterocycles. The second kappa shape index (κ2) is 4.95. The van der Waals surface area contributed by atoms with E-state index in [0.29, 0.717) is 10.2 Å². The first-order valence-electron chi connectivity index (χ1n) is 5.87. The summed E-state index contributed by atoms with van der Waals surface area (Å²) < 4.78 is 41.4. The average Bonchev–Trinajstić information content (AvgIpc) is 2.74. The molecule has 0 aliphatic heterocycles. The number of aryl methyl sites for hydroxylation is 2. The molecule has 21 heavy (non-hydrogen) atoms. The summed E-state index contributed by atoms with van der Waals surface area (Å²) in [5.41, 5.74) is -0.925. The fourth-order valence-electron chi connectivity index (χ4n) is 1.98. The number of halogens is 1. The zero-order valence-electron chi connectivity index (χ0n) is 11.9. The zero-order chi connectivity index (χ0) is 15.9. The van der Waals surface area contributed by atoms with Crippen LogP contribution in [-0.2, 0) is 24.1 Å². The lowest BCUT2D eigenvalue weighted by atomic mass is 10.5. The van der Waals surface area contributed by atoms with Gasteiger partial charge in [-0.25, -0.2) is 17.6 Å². The lowest BCUT2D eigenvalue weighted by Gasteiger charge is -2.09. The molecule has 2 aromatic rings. The number of rotatable bonds is 2. The maximum Gasteiger partial charge on any atom is 0.343 e. The van der Waals surface area contributed by atoms with Crippen LogP contribution in [0.1, 0.15) is 5.69 Å². The number of hydrogen-bond donors (Lipinski definition) is 0. The highest BCUT2D eigenvalue weighted by Gasteiger charge is 2.25. The van der Waals surface area contributed by atoms with Crippen molar-refractivity contribution in [3.8, 4) is 0 Å². The van der Waals surface area contributed by atoms with E-state index in [1.54, 1.807) is 7.05 Å². The van der Waals surface area contributed by atoms with Crippen LogP contribution in [0.25, 0.3) is 0 Å². The van der Waals surface area contributed by atoms with E-state index in [9.17, 15) is 17.6 Å². The summed E-state index contributed by atoms with van der Waals surface area (Å²) in [6.45, 7) is 1.49. The van der Waals surface area contributed by atoms with E-state index in [4.69, 9.17) is 0 Å². The molecule has 0 bridgehead atoms. The van der Waals surface area contributed by atoms with Gasteiger partial charge in [0.2, 0.25) is 0 Å². The minimum Gasteiger partial charge on any atom is -0.278 e. The van der Waals surface area contributed by atoms with Gasteiger partial charge in [0.05, 0.1) is 11.9 Å². The topological polar surface area (TPSA) is 91.2 Å². The van der Waals surface area contributed by atoms with Crippen molar-refractivity contribution in [1.29, 1.82) is 0 Å². The Balaban J connectivity index is 2.85. The zero-order valence-corrected chi connectivity index (χ0v) is 12.7. The first-order valence-corrected chi connectivity index (χ1v) is 7.31. The van der Waals surface area contributed by atoms with Crippen LogP contribution in [-0.4, -0.2) is 33.8 Å². The summed E-state index contributed by atoms with van der Waals surface area (Å²) in [6.07, 6.45) is 1.87.